The molecule has 0 spiro atoms. The molecule has 0 saturated carbocycles. The van der Waals surface area contributed by atoms with E-state index in [1.807, 2.05) is 54.8 Å². The fourth-order valence-corrected chi connectivity index (χ4v) is 5.24. The molecule has 0 radical (unpaired) electrons. The Morgan fingerprint density at radius 2 is 1.78 bits per heavy atom. The number of nitrogens with one attached hydrogen (secondary N) is 2. The van der Waals surface area contributed by atoms with E-state index >= 15 is 0 Å². The molecule has 2 amide bonds. The largest absolute Gasteiger partial charge is 0.369 e. The van der Waals surface area contributed by atoms with E-state index in [1.54, 1.807) is 35.4 Å². The van der Waals surface area contributed by atoms with Crippen LogP contribution >= 0.6 is 11.3 Å². The van der Waals surface area contributed by atoms with Gasteiger partial charge in [0.05, 0.1) is 11.6 Å². The van der Waals surface area contributed by atoms with Gasteiger partial charge in [0.25, 0.3) is 11.8 Å². The average Bonchev–Trinajstić information content (AvgIpc) is 3.58. The standard InChI is InChI=1S/C27H30N6O2S/c1-18(24-5-4-16-36-24)32(3)27(35)20-8-11-23-22(17-20)25(30-29-23)28-26(34)19-6-9-21(10-7-19)33-14-12-31(2)13-15-33/h4-11,16-18H,12-15H2,1-3H3,(H2,28,29,30,34). The summed E-state index contributed by atoms with van der Waals surface area (Å²) in [4.78, 5) is 33.7. The Morgan fingerprint density at radius 3 is 2.47 bits per heavy atom. The summed E-state index contributed by atoms with van der Waals surface area (Å²) in [5.74, 6) is 0.0750. The molecular weight excluding hydrogens is 472 g/mol. The Morgan fingerprint density at radius 1 is 1.06 bits per heavy atom. The monoisotopic (exact) mass is 502 g/mol. The minimum atomic E-state index is -0.242. The molecule has 1 fully saturated rings. The van der Waals surface area contributed by atoms with Gasteiger partial charge in [-0.15, -0.1) is 11.3 Å². The second-order valence-electron chi connectivity index (χ2n) is 9.23. The highest BCUT2D eigenvalue weighted by Crippen LogP contribution is 2.27. The molecule has 1 atom stereocenters. The van der Waals surface area contributed by atoms with E-state index in [0.29, 0.717) is 22.3 Å². The number of hydrogen-bond acceptors (Lipinski definition) is 6. The van der Waals surface area contributed by atoms with Crippen molar-refractivity contribution in [2.75, 3.05) is 50.5 Å². The highest BCUT2D eigenvalue weighted by Gasteiger charge is 2.21. The van der Waals surface area contributed by atoms with Crippen molar-refractivity contribution in [1.29, 1.82) is 0 Å². The predicted molar refractivity (Wildman–Crippen MR) is 145 cm³/mol. The number of benzene rings is 2. The first kappa shape index (κ1) is 24.0. The maximum atomic E-state index is 13.2. The molecule has 1 aliphatic rings. The zero-order valence-corrected chi connectivity index (χ0v) is 21.5. The summed E-state index contributed by atoms with van der Waals surface area (Å²) in [7, 11) is 3.94. The molecule has 9 heteroatoms. The fraction of sp³-hybridized carbons (Fsp3) is 0.296. The quantitative estimate of drug-likeness (QED) is 0.407. The number of rotatable bonds is 6. The molecule has 36 heavy (non-hydrogen) atoms. The summed E-state index contributed by atoms with van der Waals surface area (Å²) in [6.45, 7) is 6.03. The number of thiophene rings is 1. The maximum absolute atomic E-state index is 13.2. The van der Waals surface area contributed by atoms with Gasteiger partial charge in [0.1, 0.15) is 0 Å². The van der Waals surface area contributed by atoms with E-state index in [2.05, 4.69) is 32.4 Å². The van der Waals surface area contributed by atoms with E-state index < -0.39 is 0 Å². The van der Waals surface area contributed by atoms with Gasteiger partial charge in [-0.05, 0) is 67.9 Å². The van der Waals surface area contributed by atoms with Crippen LogP contribution in [0.3, 0.4) is 0 Å². The average molecular weight is 503 g/mol. The lowest BCUT2D eigenvalue weighted by Gasteiger charge is -2.34. The van der Waals surface area contributed by atoms with Crippen LogP contribution in [-0.4, -0.2) is 72.1 Å². The highest BCUT2D eigenvalue weighted by molar-refractivity contribution is 7.10. The van der Waals surface area contributed by atoms with Gasteiger partial charge in [-0.2, -0.15) is 5.10 Å². The zero-order valence-electron chi connectivity index (χ0n) is 20.7. The van der Waals surface area contributed by atoms with Crippen molar-refractivity contribution < 1.29 is 9.59 Å². The lowest BCUT2D eigenvalue weighted by Crippen LogP contribution is -2.44. The molecule has 1 unspecified atom stereocenters. The first-order chi connectivity index (χ1) is 17.4. The second-order valence-corrected chi connectivity index (χ2v) is 10.2. The van der Waals surface area contributed by atoms with Crippen molar-refractivity contribution in [3.8, 4) is 0 Å². The third kappa shape index (κ3) is 4.84. The van der Waals surface area contributed by atoms with Crippen LogP contribution in [0.25, 0.3) is 10.9 Å². The summed E-state index contributed by atoms with van der Waals surface area (Å²) in [5, 5.41) is 12.8. The molecule has 0 bridgehead atoms. The third-order valence-electron chi connectivity index (χ3n) is 6.90. The summed E-state index contributed by atoms with van der Waals surface area (Å²) in [5.41, 5.74) is 2.97. The first-order valence-corrected chi connectivity index (χ1v) is 12.9. The van der Waals surface area contributed by atoms with Crippen molar-refractivity contribution in [3.63, 3.8) is 0 Å². The van der Waals surface area contributed by atoms with Gasteiger partial charge in [0, 0.05) is 60.3 Å². The lowest BCUT2D eigenvalue weighted by molar-refractivity contribution is 0.0745. The smallest absolute Gasteiger partial charge is 0.256 e. The van der Waals surface area contributed by atoms with E-state index in [1.165, 1.54) is 0 Å². The number of fused-ring (bicyclic) bond motifs is 1. The first-order valence-electron chi connectivity index (χ1n) is 12.0. The zero-order chi connectivity index (χ0) is 25.2. The Balaban J connectivity index is 1.30. The van der Waals surface area contributed by atoms with Gasteiger partial charge in [-0.1, -0.05) is 6.07 Å². The molecule has 4 aromatic rings. The Hall–Kier alpha value is -3.69. The summed E-state index contributed by atoms with van der Waals surface area (Å²) < 4.78 is 0. The number of hydrogen-bond donors (Lipinski definition) is 2. The number of piperazine rings is 1. The van der Waals surface area contributed by atoms with Crippen LogP contribution in [0.2, 0.25) is 0 Å². The molecule has 5 rings (SSSR count). The Labute approximate surface area is 214 Å². The Kier molecular flexibility index (Phi) is 6.75. The molecule has 2 aromatic carbocycles. The van der Waals surface area contributed by atoms with E-state index in [-0.39, 0.29) is 17.9 Å². The number of nitrogens with zero attached hydrogens (tertiary/aromatic N) is 4. The van der Waals surface area contributed by atoms with Crippen LogP contribution in [-0.2, 0) is 0 Å². The van der Waals surface area contributed by atoms with Gasteiger partial charge >= 0.3 is 0 Å². The minimum absolute atomic E-state index is 0.0365. The summed E-state index contributed by atoms with van der Waals surface area (Å²) >= 11 is 1.63. The number of carbonyl (C=O) groups is 2. The number of anilines is 2. The molecule has 2 aromatic heterocycles. The van der Waals surface area contributed by atoms with Gasteiger partial charge in [-0.3, -0.25) is 14.7 Å². The fourth-order valence-electron chi connectivity index (χ4n) is 4.41. The molecule has 1 saturated heterocycles. The summed E-state index contributed by atoms with van der Waals surface area (Å²) in [6.07, 6.45) is 0. The van der Waals surface area contributed by atoms with Crippen LogP contribution in [0.1, 0.15) is 38.6 Å². The number of aromatic nitrogens is 2. The number of carbonyl (C=O) groups excluding carboxylic acids is 2. The second kappa shape index (κ2) is 10.1. The van der Waals surface area contributed by atoms with Gasteiger partial charge < -0.3 is 20.0 Å². The van der Waals surface area contributed by atoms with Crippen molar-refractivity contribution in [2.45, 2.75) is 13.0 Å². The number of aromatic amines is 1. The SMILES string of the molecule is CC(c1cccs1)N(C)C(=O)c1ccc2[nH]nc(NC(=O)c3ccc(N4CCN(C)CC4)cc3)c2c1. The summed E-state index contributed by atoms with van der Waals surface area (Å²) in [6, 6.07) is 17.0. The highest BCUT2D eigenvalue weighted by atomic mass is 32.1. The molecular formula is C27H30N6O2S. The molecule has 0 aliphatic carbocycles. The minimum Gasteiger partial charge on any atom is -0.369 e. The van der Waals surface area contributed by atoms with E-state index in [9.17, 15) is 9.59 Å². The van der Waals surface area contributed by atoms with Crippen LogP contribution in [0, 0.1) is 0 Å². The molecule has 8 nitrogen and oxygen atoms in total. The normalized spacial score (nSPS) is 15.1. The van der Waals surface area contributed by atoms with E-state index in [0.717, 1.165) is 42.3 Å². The van der Waals surface area contributed by atoms with Gasteiger partial charge in [0.2, 0.25) is 0 Å². The van der Waals surface area contributed by atoms with Crippen LogP contribution in [0.5, 0.6) is 0 Å². The number of likely N-dealkylation sites (N-methyl/N-ethyl adjacent to an activating group) is 1. The van der Waals surface area contributed by atoms with E-state index in [4.69, 9.17) is 0 Å². The van der Waals surface area contributed by atoms with Crippen molar-refractivity contribution in [2.24, 2.45) is 0 Å². The maximum Gasteiger partial charge on any atom is 0.256 e. The molecule has 186 valence electrons. The molecule has 3 heterocycles. The third-order valence-corrected chi connectivity index (χ3v) is 7.94. The molecule has 1 aliphatic heterocycles. The predicted octanol–water partition coefficient (Wildman–Crippen LogP) is 4.46. The Bertz CT molecular complexity index is 1360. The van der Waals surface area contributed by atoms with Crippen LogP contribution in [0.15, 0.2) is 60.0 Å². The molecule has 2 N–H and O–H groups in total. The van der Waals surface area contributed by atoms with Gasteiger partial charge in [0.15, 0.2) is 5.82 Å². The van der Waals surface area contributed by atoms with Crippen molar-refractivity contribution in [1.82, 2.24) is 20.0 Å². The van der Waals surface area contributed by atoms with Crippen molar-refractivity contribution in [3.05, 3.63) is 76.0 Å². The van der Waals surface area contributed by atoms with Crippen LogP contribution < -0.4 is 10.2 Å². The lowest BCUT2D eigenvalue weighted by atomic mass is 10.1. The topological polar surface area (TPSA) is 84.6 Å². The number of H-pyrrole nitrogens is 1. The van der Waals surface area contributed by atoms with Crippen molar-refractivity contribution >= 4 is 45.6 Å². The van der Waals surface area contributed by atoms with Gasteiger partial charge in [-0.25, -0.2) is 0 Å². The number of amides is 2. The van der Waals surface area contributed by atoms with Crippen LogP contribution in [0.4, 0.5) is 11.5 Å².